The molecule has 0 saturated carbocycles. The lowest BCUT2D eigenvalue weighted by Gasteiger charge is -2.42. The zero-order valence-corrected chi connectivity index (χ0v) is 22.6. The number of ketones is 2. The second-order valence-corrected chi connectivity index (χ2v) is 11.0. The molecule has 1 N–H and O–H groups in total. The molecule has 0 bridgehead atoms. The van der Waals surface area contributed by atoms with Crippen molar-refractivity contribution in [2.24, 2.45) is 17.8 Å². The number of allylic oxidation sites excluding steroid dienone is 6. The Kier molecular flexibility index (Phi) is 6.06. The second kappa shape index (κ2) is 9.37. The molecule has 1 saturated heterocycles. The van der Waals surface area contributed by atoms with Gasteiger partial charge < -0.3 is 9.84 Å². The monoisotopic (exact) mass is 604 g/mol. The number of anilines is 1. The van der Waals surface area contributed by atoms with Gasteiger partial charge in [-0.05, 0) is 64.5 Å². The van der Waals surface area contributed by atoms with E-state index in [9.17, 15) is 34.4 Å². The van der Waals surface area contributed by atoms with E-state index in [1.165, 1.54) is 43.5 Å². The maximum absolute atomic E-state index is 13.9. The Morgan fingerprint density at radius 2 is 1.77 bits per heavy atom. The molecular weight excluding hydrogens is 584 g/mol. The lowest BCUT2D eigenvalue weighted by molar-refractivity contribution is -0.384. The van der Waals surface area contributed by atoms with Gasteiger partial charge in [-0.2, -0.15) is 0 Å². The number of hydrogen-bond donors (Lipinski definition) is 1. The number of phenolic OH excluding ortho intramolecular Hbond substituents is 1. The Morgan fingerprint density at radius 1 is 1.05 bits per heavy atom. The number of nitro groups is 1. The van der Waals surface area contributed by atoms with Crippen LogP contribution in [0.1, 0.15) is 24.3 Å². The predicted molar refractivity (Wildman–Crippen MR) is 145 cm³/mol. The number of carbonyl (C=O) groups is 4. The minimum atomic E-state index is -0.793. The highest BCUT2D eigenvalue weighted by molar-refractivity contribution is 9.12. The quantitative estimate of drug-likeness (QED) is 0.179. The molecule has 3 aliphatic carbocycles. The first-order chi connectivity index (χ1) is 19.1. The van der Waals surface area contributed by atoms with Crippen molar-refractivity contribution in [3.8, 4) is 11.5 Å². The van der Waals surface area contributed by atoms with Gasteiger partial charge in [0.1, 0.15) is 0 Å². The summed E-state index contributed by atoms with van der Waals surface area (Å²) in [6, 6.07) is 9.98. The average molecular weight is 605 g/mol. The zero-order chi connectivity index (χ0) is 28.5. The fourth-order valence-electron chi connectivity index (χ4n) is 6.45. The second-order valence-electron chi connectivity index (χ2n) is 10.1. The van der Waals surface area contributed by atoms with Crippen LogP contribution < -0.4 is 9.64 Å². The number of non-ortho nitro benzene ring substituents is 1. The van der Waals surface area contributed by atoms with E-state index >= 15 is 0 Å². The Balaban J connectivity index is 1.45. The van der Waals surface area contributed by atoms with Crippen molar-refractivity contribution in [3.63, 3.8) is 0 Å². The molecule has 2 aromatic rings. The number of carbonyl (C=O) groups excluding carboxylic acids is 4. The number of aromatic hydroxyl groups is 1. The van der Waals surface area contributed by atoms with Crippen LogP contribution in [0.5, 0.6) is 11.5 Å². The molecular formula is C29H21BrN2O8. The number of rotatable bonds is 4. The van der Waals surface area contributed by atoms with Gasteiger partial charge in [-0.25, -0.2) is 0 Å². The molecule has 2 amide bonds. The van der Waals surface area contributed by atoms with Crippen LogP contribution in [0.15, 0.2) is 75.8 Å². The number of ether oxygens (including phenoxy) is 1. The van der Waals surface area contributed by atoms with Crippen LogP contribution in [0.4, 0.5) is 11.4 Å². The number of nitrogens with zero attached hydrogens (tertiary/aromatic N) is 2. The van der Waals surface area contributed by atoms with E-state index in [-0.39, 0.29) is 57.3 Å². The molecule has 0 aromatic heterocycles. The standard InChI is InChI=1S/C29H21BrN2O8/c1-40-23-9-2-13(10-21(23)33)24-16-7-8-17-25(18(16)11-19-26(24)22(34)12-20(30)27(19)35)29(37)31(28(17)36)14-3-5-15(6-4-14)32(38)39/h2-7,9-10,12,17-18,24-25,33H,8,11H2,1H3. The number of Topliss-reactive ketones (excluding diaryl/α,β-unsaturated/α-hetero) is 1. The van der Waals surface area contributed by atoms with Crippen molar-refractivity contribution in [2.45, 2.75) is 18.8 Å². The van der Waals surface area contributed by atoms with Crippen molar-refractivity contribution in [2.75, 3.05) is 12.0 Å². The number of fused-ring (bicyclic) bond motifs is 3. The first-order valence-corrected chi connectivity index (χ1v) is 13.3. The number of imide groups is 1. The molecule has 6 rings (SSSR count). The van der Waals surface area contributed by atoms with Crippen LogP contribution >= 0.6 is 15.9 Å². The molecule has 2 aromatic carbocycles. The molecule has 1 heterocycles. The Bertz CT molecular complexity index is 1640. The van der Waals surface area contributed by atoms with Gasteiger partial charge in [-0.15, -0.1) is 0 Å². The SMILES string of the molecule is COc1ccc(C2C3=CCC4C(=O)N(c5ccc([N+](=O)[O-])cc5)C(=O)C4C3CC3=C2C(=O)C=C(Br)C3=O)cc1O. The molecule has 4 aliphatic rings. The number of nitro benzene ring substituents is 1. The summed E-state index contributed by atoms with van der Waals surface area (Å²) in [6.45, 7) is 0. The van der Waals surface area contributed by atoms with Crippen molar-refractivity contribution in [1.29, 1.82) is 0 Å². The fraction of sp³-hybridized carbons (Fsp3) is 0.241. The van der Waals surface area contributed by atoms with Gasteiger partial charge in [0.25, 0.3) is 5.69 Å². The van der Waals surface area contributed by atoms with Gasteiger partial charge in [0, 0.05) is 35.3 Å². The number of methoxy groups -OCH3 is 1. The molecule has 202 valence electrons. The van der Waals surface area contributed by atoms with Gasteiger partial charge in [0.05, 0.1) is 34.0 Å². The lowest BCUT2D eigenvalue weighted by Crippen LogP contribution is -2.39. The van der Waals surface area contributed by atoms with E-state index < -0.39 is 40.4 Å². The molecule has 11 heteroatoms. The first kappa shape index (κ1) is 25.9. The van der Waals surface area contributed by atoms with Crippen LogP contribution in [0.2, 0.25) is 0 Å². The van der Waals surface area contributed by atoms with E-state index in [2.05, 4.69) is 15.9 Å². The van der Waals surface area contributed by atoms with Crippen molar-refractivity contribution >= 4 is 50.7 Å². The minimum Gasteiger partial charge on any atom is -0.504 e. The largest absolute Gasteiger partial charge is 0.504 e. The van der Waals surface area contributed by atoms with Crippen molar-refractivity contribution in [1.82, 2.24) is 0 Å². The van der Waals surface area contributed by atoms with Gasteiger partial charge in [0.2, 0.25) is 11.8 Å². The summed E-state index contributed by atoms with van der Waals surface area (Å²) < 4.78 is 5.29. The Labute approximate surface area is 235 Å². The topological polar surface area (TPSA) is 144 Å². The average Bonchev–Trinajstić information content (AvgIpc) is 3.20. The zero-order valence-electron chi connectivity index (χ0n) is 21.0. The highest BCUT2D eigenvalue weighted by atomic mass is 79.9. The lowest BCUT2D eigenvalue weighted by atomic mass is 9.59. The van der Waals surface area contributed by atoms with E-state index in [1.54, 1.807) is 12.1 Å². The molecule has 1 aliphatic heterocycles. The Hall–Kier alpha value is -4.38. The molecule has 10 nitrogen and oxygen atoms in total. The van der Waals surface area contributed by atoms with E-state index in [4.69, 9.17) is 4.74 Å². The van der Waals surface area contributed by atoms with E-state index in [0.717, 1.165) is 10.5 Å². The fourth-order valence-corrected chi connectivity index (χ4v) is 6.90. The van der Waals surface area contributed by atoms with Gasteiger partial charge in [-0.3, -0.25) is 34.2 Å². The van der Waals surface area contributed by atoms with Crippen LogP contribution in [0.3, 0.4) is 0 Å². The maximum Gasteiger partial charge on any atom is 0.269 e. The minimum absolute atomic E-state index is 0.0988. The summed E-state index contributed by atoms with van der Waals surface area (Å²) in [7, 11) is 1.42. The van der Waals surface area contributed by atoms with E-state index in [1.807, 2.05) is 6.08 Å². The summed E-state index contributed by atoms with van der Waals surface area (Å²) in [5, 5.41) is 21.6. The first-order valence-electron chi connectivity index (χ1n) is 12.5. The maximum atomic E-state index is 13.9. The number of halogens is 1. The molecule has 0 spiro atoms. The summed E-state index contributed by atoms with van der Waals surface area (Å²) in [6.07, 6.45) is 3.46. The normalized spacial score (nSPS) is 25.7. The Morgan fingerprint density at radius 3 is 2.42 bits per heavy atom. The van der Waals surface area contributed by atoms with Crippen LogP contribution in [0, 0.1) is 27.9 Å². The third-order valence-electron chi connectivity index (χ3n) is 8.19. The van der Waals surface area contributed by atoms with E-state index in [0.29, 0.717) is 11.1 Å². The number of benzene rings is 2. The summed E-state index contributed by atoms with van der Waals surface area (Å²) in [5.41, 5.74) is 1.93. The smallest absolute Gasteiger partial charge is 0.269 e. The molecule has 40 heavy (non-hydrogen) atoms. The van der Waals surface area contributed by atoms with Gasteiger partial charge in [0.15, 0.2) is 23.1 Å². The van der Waals surface area contributed by atoms with Gasteiger partial charge >= 0.3 is 0 Å². The third kappa shape index (κ3) is 3.75. The number of phenols is 1. The third-order valence-corrected chi connectivity index (χ3v) is 8.78. The van der Waals surface area contributed by atoms with Crippen LogP contribution in [0.25, 0.3) is 0 Å². The summed E-state index contributed by atoms with van der Waals surface area (Å²) in [5.74, 6) is -4.21. The van der Waals surface area contributed by atoms with Crippen LogP contribution in [-0.2, 0) is 19.2 Å². The molecule has 4 atom stereocenters. The van der Waals surface area contributed by atoms with Crippen molar-refractivity contribution in [3.05, 3.63) is 91.5 Å². The summed E-state index contributed by atoms with van der Waals surface area (Å²) in [4.78, 5) is 65.6. The predicted octanol–water partition coefficient (Wildman–Crippen LogP) is 4.28. The highest BCUT2D eigenvalue weighted by Gasteiger charge is 2.56. The van der Waals surface area contributed by atoms with Gasteiger partial charge in [-0.1, -0.05) is 17.7 Å². The molecule has 4 unspecified atom stereocenters. The van der Waals surface area contributed by atoms with Crippen LogP contribution in [-0.4, -0.2) is 40.5 Å². The highest BCUT2D eigenvalue weighted by Crippen LogP contribution is 2.56. The number of amides is 2. The van der Waals surface area contributed by atoms with Crippen molar-refractivity contribution < 1.29 is 33.9 Å². The summed E-state index contributed by atoms with van der Waals surface area (Å²) >= 11 is 3.19. The molecule has 0 radical (unpaired) electrons. The number of hydrogen-bond acceptors (Lipinski definition) is 8. The molecule has 1 fully saturated rings.